The van der Waals surface area contributed by atoms with Crippen LogP contribution in [0, 0.1) is 10.1 Å². The number of hydrogen-bond acceptors (Lipinski definition) is 6. The lowest BCUT2D eigenvalue weighted by molar-refractivity contribution is -0.385. The van der Waals surface area contributed by atoms with Crippen LogP contribution in [0.2, 0.25) is 0 Å². The normalized spacial score (nSPS) is 15.6. The Labute approximate surface area is 165 Å². The predicted molar refractivity (Wildman–Crippen MR) is 101 cm³/mol. The average molecular weight is 426 g/mol. The molecule has 1 N–H and O–H groups in total. The smallest absolute Gasteiger partial charge is 0.416 e. The third-order valence-electron chi connectivity index (χ3n) is 3.51. The highest BCUT2D eigenvalue weighted by molar-refractivity contribution is 8.26. The summed E-state index contributed by atoms with van der Waals surface area (Å²) in [5.41, 5.74) is -1.41. The second-order valence-corrected chi connectivity index (χ2v) is 7.18. The van der Waals surface area contributed by atoms with Crippen molar-refractivity contribution < 1.29 is 27.6 Å². The molecular formula is C17H9F3N2O4S2. The Morgan fingerprint density at radius 3 is 2.57 bits per heavy atom. The average Bonchev–Trinajstić information content (AvgIpc) is 2.91. The van der Waals surface area contributed by atoms with E-state index in [9.17, 15) is 28.1 Å². The van der Waals surface area contributed by atoms with Gasteiger partial charge in [-0.05, 0) is 35.9 Å². The van der Waals surface area contributed by atoms with Gasteiger partial charge >= 0.3 is 11.9 Å². The lowest BCUT2D eigenvalue weighted by Gasteiger charge is -2.10. The fraction of sp³-hybridized carbons (Fsp3) is 0.0588. The first kappa shape index (κ1) is 19.8. The van der Waals surface area contributed by atoms with E-state index in [4.69, 9.17) is 17.0 Å². The van der Waals surface area contributed by atoms with Crippen molar-refractivity contribution in [2.45, 2.75) is 6.18 Å². The number of nitro groups is 1. The van der Waals surface area contributed by atoms with E-state index in [-0.39, 0.29) is 17.4 Å². The molecule has 0 bridgehead atoms. The lowest BCUT2D eigenvalue weighted by Crippen LogP contribution is -2.17. The zero-order chi connectivity index (χ0) is 20.5. The van der Waals surface area contributed by atoms with Crippen molar-refractivity contribution >= 4 is 46.0 Å². The number of hydrogen-bond donors (Lipinski definition) is 1. The minimum Gasteiger partial charge on any atom is -0.450 e. The summed E-state index contributed by atoms with van der Waals surface area (Å²) in [6, 6.07) is 8.23. The van der Waals surface area contributed by atoms with Crippen molar-refractivity contribution in [2.24, 2.45) is 0 Å². The van der Waals surface area contributed by atoms with E-state index in [1.165, 1.54) is 12.1 Å². The standard InChI is InChI=1S/C17H9F3N2O4S2/c18-17(19,20)10-4-5-13(12(8-10)22(24)25)26-11-3-1-2-9(6-11)7-14-15(23)21-16(27)28-14/h1-8H,(H,21,23,27)/b14-7+. The van der Waals surface area contributed by atoms with E-state index >= 15 is 0 Å². The summed E-state index contributed by atoms with van der Waals surface area (Å²) < 4.78 is 44.1. The Morgan fingerprint density at radius 1 is 1.21 bits per heavy atom. The maximum absolute atomic E-state index is 12.8. The van der Waals surface area contributed by atoms with Crippen molar-refractivity contribution in [1.82, 2.24) is 5.32 Å². The number of amides is 1. The number of nitrogens with zero attached hydrogens (tertiary/aromatic N) is 1. The molecule has 144 valence electrons. The number of ether oxygens (including phenoxy) is 1. The van der Waals surface area contributed by atoms with Crippen LogP contribution in [0.1, 0.15) is 11.1 Å². The molecule has 1 aliphatic rings. The van der Waals surface area contributed by atoms with Gasteiger partial charge in [-0.1, -0.05) is 36.1 Å². The molecule has 2 aromatic rings. The number of halogens is 3. The molecule has 0 aliphatic carbocycles. The van der Waals surface area contributed by atoms with E-state index in [0.717, 1.165) is 17.8 Å². The van der Waals surface area contributed by atoms with E-state index < -0.39 is 22.4 Å². The Morgan fingerprint density at radius 2 is 1.96 bits per heavy atom. The lowest BCUT2D eigenvalue weighted by atomic mass is 10.1. The second-order valence-electron chi connectivity index (χ2n) is 5.46. The van der Waals surface area contributed by atoms with Crippen molar-refractivity contribution in [3.63, 3.8) is 0 Å². The SMILES string of the molecule is O=C1NC(=S)S/C1=C/c1cccc(Oc2ccc(C(F)(F)F)cc2[N+](=O)[O-])c1. The molecule has 2 aromatic carbocycles. The van der Waals surface area contributed by atoms with Crippen LogP contribution in [-0.4, -0.2) is 15.2 Å². The fourth-order valence-corrected chi connectivity index (χ4v) is 3.33. The first-order chi connectivity index (χ1) is 13.1. The number of nitro benzene ring substituents is 1. The van der Waals surface area contributed by atoms with Gasteiger partial charge in [-0.3, -0.25) is 14.9 Å². The Bertz CT molecular complexity index is 1020. The number of nitrogens with one attached hydrogen (secondary N) is 1. The Balaban J connectivity index is 1.90. The second kappa shape index (κ2) is 7.60. The number of rotatable bonds is 4. The highest BCUT2D eigenvalue weighted by atomic mass is 32.2. The molecule has 1 amide bonds. The molecule has 1 aliphatic heterocycles. The number of benzene rings is 2. The molecule has 0 spiro atoms. The van der Waals surface area contributed by atoms with E-state index in [1.807, 2.05) is 0 Å². The fourth-order valence-electron chi connectivity index (χ4n) is 2.29. The minimum absolute atomic E-state index is 0.156. The molecule has 3 rings (SSSR count). The van der Waals surface area contributed by atoms with Crippen LogP contribution in [0.5, 0.6) is 11.5 Å². The summed E-state index contributed by atoms with van der Waals surface area (Å²) in [4.78, 5) is 22.3. The van der Waals surface area contributed by atoms with E-state index in [1.54, 1.807) is 18.2 Å². The molecule has 0 unspecified atom stereocenters. The number of alkyl halides is 3. The molecule has 0 atom stereocenters. The topological polar surface area (TPSA) is 81.5 Å². The van der Waals surface area contributed by atoms with Gasteiger partial charge in [0.15, 0.2) is 0 Å². The van der Waals surface area contributed by atoms with Crippen LogP contribution >= 0.6 is 24.0 Å². The molecule has 1 fully saturated rings. The maximum Gasteiger partial charge on any atom is 0.416 e. The van der Waals surface area contributed by atoms with Crippen LogP contribution in [0.15, 0.2) is 47.4 Å². The van der Waals surface area contributed by atoms with E-state index in [2.05, 4.69) is 5.32 Å². The van der Waals surface area contributed by atoms with Crippen LogP contribution in [0.4, 0.5) is 18.9 Å². The third-order valence-corrected chi connectivity index (χ3v) is 4.67. The summed E-state index contributed by atoms with van der Waals surface area (Å²) in [6.45, 7) is 0. The van der Waals surface area contributed by atoms with E-state index in [0.29, 0.717) is 26.9 Å². The van der Waals surface area contributed by atoms with Gasteiger partial charge in [0.25, 0.3) is 5.91 Å². The van der Waals surface area contributed by atoms with Gasteiger partial charge in [-0.25, -0.2) is 0 Å². The van der Waals surface area contributed by atoms with Crippen molar-refractivity contribution in [1.29, 1.82) is 0 Å². The van der Waals surface area contributed by atoms with Gasteiger partial charge in [0.2, 0.25) is 5.75 Å². The van der Waals surface area contributed by atoms with Crippen molar-refractivity contribution in [2.75, 3.05) is 0 Å². The minimum atomic E-state index is -4.71. The van der Waals surface area contributed by atoms with Gasteiger partial charge in [0, 0.05) is 6.07 Å². The third kappa shape index (κ3) is 4.49. The quantitative estimate of drug-likeness (QED) is 0.324. The van der Waals surface area contributed by atoms with Gasteiger partial charge in [-0.2, -0.15) is 13.2 Å². The first-order valence-electron chi connectivity index (χ1n) is 7.52. The molecular weight excluding hydrogens is 417 g/mol. The number of thiocarbonyl (C=S) groups is 1. The highest BCUT2D eigenvalue weighted by Gasteiger charge is 2.33. The molecule has 6 nitrogen and oxygen atoms in total. The summed E-state index contributed by atoms with van der Waals surface area (Å²) in [7, 11) is 0. The molecule has 0 saturated carbocycles. The molecule has 11 heteroatoms. The number of carbonyl (C=O) groups excluding carboxylic acids is 1. The zero-order valence-electron chi connectivity index (χ0n) is 13.6. The molecule has 28 heavy (non-hydrogen) atoms. The Hall–Kier alpha value is -2.92. The van der Waals surface area contributed by atoms with Crippen LogP contribution in [-0.2, 0) is 11.0 Å². The maximum atomic E-state index is 12.8. The van der Waals surface area contributed by atoms with Crippen LogP contribution < -0.4 is 10.1 Å². The summed E-state index contributed by atoms with van der Waals surface area (Å²) >= 11 is 5.98. The first-order valence-corrected chi connectivity index (χ1v) is 8.74. The summed E-state index contributed by atoms with van der Waals surface area (Å²) in [5, 5.41) is 13.6. The largest absolute Gasteiger partial charge is 0.450 e. The van der Waals surface area contributed by atoms with Crippen molar-refractivity contribution in [3.8, 4) is 11.5 Å². The highest BCUT2D eigenvalue weighted by Crippen LogP contribution is 2.38. The Kier molecular flexibility index (Phi) is 5.38. The molecule has 0 aromatic heterocycles. The van der Waals surface area contributed by atoms with Crippen LogP contribution in [0.3, 0.4) is 0 Å². The summed E-state index contributed by atoms with van der Waals surface area (Å²) in [6.07, 6.45) is -3.16. The molecule has 1 heterocycles. The van der Waals surface area contributed by atoms with Gasteiger partial charge in [0.05, 0.1) is 15.4 Å². The monoisotopic (exact) mass is 426 g/mol. The zero-order valence-corrected chi connectivity index (χ0v) is 15.3. The van der Waals surface area contributed by atoms with Gasteiger partial charge < -0.3 is 10.1 Å². The molecule has 0 radical (unpaired) electrons. The summed E-state index contributed by atoms with van der Waals surface area (Å²) in [5.74, 6) is -0.528. The van der Waals surface area contributed by atoms with Crippen molar-refractivity contribution in [3.05, 3.63) is 68.6 Å². The number of thioether (sulfide) groups is 1. The molecule has 1 saturated heterocycles. The van der Waals surface area contributed by atoms with Gasteiger partial charge in [0.1, 0.15) is 10.1 Å². The predicted octanol–water partition coefficient (Wildman–Crippen LogP) is 4.89. The van der Waals surface area contributed by atoms with Gasteiger partial charge in [-0.15, -0.1) is 0 Å². The van der Waals surface area contributed by atoms with Crippen LogP contribution in [0.25, 0.3) is 6.08 Å². The number of carbonyl (C=O) groups is 1.